The number of ether oxygens (including phenoxy) is 1. The van der Waals surface area contributed by atoms with Gasteiger partial charge in [-0.1, -0.05) is 65.4 Å². The van der Waals surface area contributed by atoms with E-state index in [0.717, 1.165) is 35.2 Å². The Balaban J connectivity index is 1.58. The zero-order chi connectivity index (χ0) is 25.7. The van der Waals surface area contributed by atoms with Gasteiger partial charge in [0, 0.05) is 16.7 Å². The van der Waals surface area contributed by atoms with Crippen LogP contribution in [0.4, 0.5) is 5.69 Å². The second-order valence-electron chi connectivity index (χ2n) is 8.85. The van der Waals surface area contributed by atoms with Crippen LogP contribution in [0.3, 0.4) is 0 Å². The number of benzene rings is 3. The maximum atomic E-state index is 13.8. The highest BCUT2D eigenvalue weighted by Crippen LogP contribution is 2.41. The Labute approximate surface area is 220 Å². The van der Waals surface area contributed by atoms with Crippen molar-refractivity contribution in [2.24, 2.45) is 4.99 Å². The summed E-state index contributed by atoms with van der Waals surface area (Å²) in [6.45, 7) is 0. The first-order chi connectivity index (χ1) is 17.9. The third-order valence-electron chi connectivity index (χ3n) is 6.76. The Morgan fingerprint density at radius 2 is 1.92 bits per heavy atom. The summed E-state index contributed by atoms with van der Waals surface area (Å²) in [5, 5.41) is 12.1. The highest BCUT2D eigenvalue weighted by molar-refractivity contribution is 7.07. The molecule has 0 amide bonds. The molecule has 0 bridgehead atoms. The normalized spacial score (nSPS) is 16.5. The van der Waals surface area contributed by atoms with E-state index in [2.05, 4.69) is 12.1 Å². The number of nitrogens with zero attached hydrogens (tertiary/aromatic N) is 3. The molecule has 9 heteroatoms. The predicted molar refractivity (Wildman–Crippen MR) is 144 cm³/mol. The predicted octanol–water partition coefficient (Wildman–Crippen LogP) is 4.89. The van der Waals surface area contributed by atoms with E-state index in [9.17, 15) is 14.9 Å². The minimum Gasteiger partial charge on any atom is -0.490 e. The van der Waals surface area contributed by atoms with Gasteiger partial charge in [-0.2, -0.15) is 0 Å². The number of nitro groups is 1. The van der Waals surface area contributed by atoms with Crippen molar-refractivity contribution in [1.82, 2.24) is 4.57 Å². The quantitative estimate of drug-likeness (QED) is 0.278. The summed E-state index contributed by atoms with van der Waals surface area (Å²) in [5.41, 5.74) is 5.49. The van der Waals surface area contributed by atoms with Crippen molar-refractivity contribution >= 4 is 40.4 Å². The van der Waals surface area contributed by atoms with Crippen LogP contribution in [-0.4, -0.2) is 16.6 Å². The summed E-state index contributed by atoms with van der Waals surface area (Å²) in [5.74, 6) is 0.165. The molecule has 0 radical (unpaired) electrons. The molecular formula is C28H20ClN3O4S. The van der Waals surface area contributed by atoms with Gasteiger partial charge in [0.15, 0.2) is 10.6 Å². The van der Waals surface area contributed by atoms with Gasteiger partial charge in [-0.3, -0.25) is 19.5 Å². The van der Waals surface area contributed by atoms with Crippen molar-refractivity contribution in [2.45, 2.75) is 18.9 Å². The SMILES string of the molecule is COc1ccc(/C=c2/sc3n(c2=O)[C@H](c2ccc(Cl)cc2)C2=C(N=3)c3ccccc3CC2)cc1[N+](=O)[O-]. The molecule has 1 aliphatic carbocycles. The summed E-state index contributed by atoms with van der Waals surface area (Å²) in [4.78, 5) is 30.4. The first-order valence-electron chi connectivity index (χ1n) is 11.7. The summed E-state index contributed by atoms with van der Waals surface area (Å²) >= 11 is 7.46. The van der Waals surface area contributed by atoms with E-state index in [1.54, 1.807) is 16.7 Å². The number of halogens is 1. The third kappa shape index (κ3) is 3.98. The Kier molecular flexibility index (Phi) is 5.78. The molecule has 37 heavy (non-hydrogen) atoms. The molecule has 2 aliphatic rings. The number of fused-ring (bicyclic) bond motifs is 3. The zero-order valence-corrected chi connectivity index (χ0v) is 21.3. The Morgan fingerprint density at radius 1 is 1.14 bits per heavy atom. The number of thiazole rings is 1. The maximum Gasteiger partial charge on any atom is 0.311 e. The molecule has 0 saturated heterocycles. The average molecular weight is 530 g/mol. The van der Waals surface area contributed by atoms with Crippen molar-refractivity contribution in [3.8, 4) is 5.75 Å². The monoisotopic (exact) mass is 529 g/mol. The van der Waals surface area contributed by atoms with Gasteiger partial charge in [0.25, 0.3) is 5.56 Å². The Hall–Kier alpha value is -4.01. The zero-order valence-electron chi connectivity index (χ0n) is 19.7. The lowest BCUT2D eigenvalue weighted by atomic mass is 9.83. The van der Waals surface area contributed by atoms with Gasteiger partial charge in [-0.25, -0.2) is 4.99 Å². The van der Waals surface area contributed by atoms with Crippen LogP contribution in [0.15, 0.2) is 82.1 Å². The first-order valence-corrected chi connectivity index (χ1v) is 12.8. The standard InChI is InChI=1S/C28H20ClN3O4S/c1-36-23-13-6-16(14-22(23)32(34)35)15-24-27(33)31-26(18-7-10-19(29)11-8-18)21-12-9-17-4-2-3-5-20(17)25(21)30-28(31)37-24/h2-8,10-11,13-15,26H,9,12H2,1H3/b24-15+/t26-/m1/s1. The number of methoxy groups -OCH3 is 1. The van der Waals surface area contributed by atoms with E-state index in [0.29, 0.717) is 19.9 Å². The van der Waals surface area contributed by atoms with Crippen LogP contribution in [0, 0.1) is 10.1 Å². The van der Waals surface area contributed by atoms with Crippen molar-refractivity contribution in [3.05, 3.63) is 129 Å². The number of rotatable bonds is 4. The van der Waals surface area contributed by atoms with Gasteiger partial charge in [0.1, 0.15) is 0 Å². The van der Waals surface area contributed by atoms with Crippen molar-refractivity contribution < 1.29 is 9.66 Å². The topological polar surface area (TPSA) is 86.7 Å². The van der Waals surface area contributed by atoms with Crippen LogP contribution in [0.5, 0.6) is 5.75 Å². The molecule has 7 nitrogen and oxygen atoms in total. The van der Waals surface area contributed by atoms with Gasteiger partial charge in [-0.15, -0.1) is 0 Å². The summed E-state index contributed by atoms with van der Waals surface area (Å²) in [6.07, 6.45) is 3.33. The molecule has 0 spiro atoms. The van der Waals surface area contributed by atoms with Crippen LogP contribution in [0.25, 0.3) is 11.8 Å². The van der Waals surface area contributed by atoms with Crippen LogP contribution in [0.1, 0.15) is 34.7 Å². The Bertz CT molecular complexity index is 1790. The van der Waals surface area contributed by atoms with Crippen LogP contribution in [0.2, 0.25) is 5.02 Å². The third-order valence-corrected chi connectivity index (χ3v) is 7.99. The second kappa shape index (κ2) is 9.14. The van der Waals surface area contributed by atoms with Crippen LogP contribution >= 0.6 is 22.9 Å². The fourth-order valence-corrected chi connectivity index (χ4v) is 6.19. The van der Waals surface area contributed by atoms with E-state index in [4.69, 9.17) is 21.3 Å². The second-order valence-corrected chi connectivity index (χ2v) is 10.3. The van der Waals surface area contributed by atoms with E-state index < -0.39 is 4.92 Å². The van der Waals surface area contributed by atoms with Gasteiger partial charge in [0.2, 0.25) is 0 Å². The number of hydrogen-bond donors (Lipinski definition) is 0. The van der Waals surface area contributed by atoms with E-state index in [1.165, 1.54) is 36.1 Å². The van der Waals surface area contributed by atoms with Gasteiger partial charge in [0.05, 0.1) is 28.3 Å². The average Bonchev–Trinajstić information content (AvgIpc) is 3.22. The smallest absolute Gasteiger partial charge is 0.311 e. The largest absolute Gasteiger partial charge is 0.490 e. The van der Waals surface area contributed by atoms with Crippen molar-refractivity contribution in [1.29, 1.82) is 0 Å². The number of allylic oxidation sites excluding steroid dienone is 1. The molecule has 1 aromatic heterocycles. The number of aryl methyl sites for hydroxylation is 1. The molecule has 0 N–H and O–H groups in total. The van der Waals surface area contributed by atoms with Crippen molar-refractivity contribution in [3.63, 3.8) is 0 Å². The molecule has 184 valence electrons. The molecule has 3 aromatic carbocycles. The van der Waals surface area contributed by atoms with Crippen LogP contribution < -0.4 is 19.6 Å². The molecule has 1 aliphatic heterocycles. The molecule has 2 heterocycles. The van der Waals surface area contributed by atoms with E-state index >= 15 is 0 Å². The number of hydrogen-bond acceptors (Lipinski definition) is 6. The highest BCUT2D eigenvalue weighted by Gasteiger charge is 2.32. The molecular weight excluding hydrogens is 510 g/mol. The maximum absolute atomic E-state index is 13.8. The summed E-state index contributed by atoms with van der Waals surface area (Å²) in [6, 6.07) is 20.1. The number of aromatic nitrogens is 1. The highest BCUT2D eigenvalue weighted by atomic mass is 35.5. The lowest BCUT2D eigenvalue weighted by Gasteiger charge is -2.30. The lowest BCUT2D eigenvalue weighted by Crippen LogP contribution is -2.38. The minimum atomic E-state index is -0.496. The first kappa shape index (κ1) is 23.4. The van der Waals surface area contributed by atoms with E-state index in [-0.39, 0.29) is 23.0 Å². The van der Waals surface area contributed by atoms with Gasteiger partial charge in [-0.05, 0) is 59.4 Å². The molecule has 6 rings (SSSR count). The molecule has 1 atom stereocenters. The summed E-state index contributed by atoms with van der Waals surface area (Å²) < 4.78 is 7.30. The lowest BCUT2D eigenvalue weighted by molar-refractivity contribution is -0.385. The molecule has 4 aromatic rings. The molecule has 0 fully saturated rings. The van der Waals surface area contributed by atoms with Crippen LogP contribution in [-0.2, 0) is 6.42 Å². The van der Waals surface area contributed by atoms with Crippen molar-refractivity contribution in [2.75, 3.05) is 7.11 Å². The van der Waals surface area contributed by atoms with Gasteiger partial charge < -0.3 is 4.74 Å². The van der Waals surface area contributed by atoms with Gasteiger partial charge >= 0.3 is 5.69 Å². The minimum absolute atomic E-state index is 0.157. The van der Waals surface area contributed by atoms with E-state index in [1.807, 2.05) is 36.4 Å². The fraction of sp³-hybridized carbons (Fsp3) is 0.143. The number of nitro benzene ring substituents is 1. The molecule has 0 saturated carbocycles. The fourth-order valence-electron chi connectivity index (χ4n) is 5.06. The summed E-state index contributed by atoms with van der Waals surface area (Å²) in [7, 11) is 1.39. The Morgan fingerprint density at radius 3 is 2.68 bits per heavy atom. The molecule has 0 unspecified atom stereocenters.